The number of hydrogen-bond acceptors (Lipinski definition) is 4. The Bertz CT molecular complexity index is 457. The van der Waals surface area contributed by atoms with Gasteiger partial charge in [0.2, 0.25) is 0 Å². The first-order valence-electron chi connectivity index (χ1n) is 8.11. The van der Waals surface area contributed by atoms with Gasteiger partial charge in [-0.1, -0.05) is 6.07 Å². The lowest BCUT2D eigenvalue weighted by Crippen LogP contribution is -2.47. The van der Waals surface area contributed by atoms with Crippen LogP contribution in [0.5, 0.6) is 5.75 Å². The Kier molecular flexibility index (Phi) is 4.66. The van der Waals surface area contributed by atoms with Crippen LogP contribution in [0.15, 0.2) is 24.3 Å². The van der Waals surface area contributed by atoms with Crippen molar-refractivity contribution in [1.29, 1.82) is 0 Å². The van der Waals surface area contributed by atoms with Crippen molar-refractivity contribution in [3.8, 4) is 5.75 Å². The van der Waals surface area contributed by atoms with E-state index in [-0.39, 0.29) is 0 Å². The Morgan fingerprint density at radius 3 is 2.67 bits per heavy atom. The van der Waals surface area contributed by atoms with E-state index in [9.17, 15) is 0 Å². The molecule has 2 fully saturated rings. The predicted octanol–water partition coefficient (Wildman–Crippen LogP) is 1.94. The summed E-state index contributed by atoms with van der Waals surface area (Å²) in [6.45, 7) is 5.75. The van der Waals surface area contributed by atoms with E-state index < -0.39 is 0 Å². The molecule has 2 atom stereocenters. The summed E-state index contributed by atoms with van der Waals surface area (Å²) in [5.74, 6) is 1.76. The number of piperazine rings is 1. The van der Waals surface area contributed by atoms with Crippen LogP contribution in [0.4, 0.5) is 5.69 Å². The summed E-state index contributed by atoms with van der Waals surface area (Å²) in [5, 5.41) is 0. The molecule has 1 saturated carbocycles. The molecule has 1 aromatic rings. The van der Waals surface area contributed by atoms with E-state index in [1.165, 1.54) is 31.5 Å². The monoisotopic (exact) mass is 289 g/mol. The second-order valence-electron chi connectivity index (χ2n) is 6.43. The van der Waals surface area contributed by atoms with Crippen molar-refractivity contribution in [2.24, 2.45) is 11.7 Å². The zero-order chi connectivity index (χ0) is 14.7. The van der Waals surface area contributed by atoms with Crippen LogP contribution in [-0.4, -0.2) is 50.8 Å². The quantitative estimate of drug-likeness (QED) is 0.920. The van der Waals surface area contributed by atoms with Crippen LogP contribution in [0.25, 0.3) is 0 Å². The summed E-state index contributed by atoms with van der Waals surface area (Å²) in [5.41, 5.74) is 7.29. The molecule has 1 saturated heterocycles. The maximum absolute atomic E-state index is 6.02. The smallest absolute Gasteiger partial charge is 0.120 e. The van der Waals surface area contributed by atoms with Gasteiger partial charge in [0.25, 0.3) is 0 Å². The number of rotatable bonds is 4. The number of benzene rings is 1. The lowest BCUT2D eigenvalue weighted by atomic mass is 10.1. The molecule has 2 unspecified atom stereocenters. The standard InChI is InChI=1S/C17H27N3O/c1-21-17-4-2-3-16(12-17)20-9-7-19(8-10-20)13-14-5-6-15(18)11-14/h2-4,12,14-15H,5-11,13,18H2,1H3. The lowest BCUT2D eigenvalue weighted by Gasteiger charge is -2.37. The van der Waals surface area contributed by atoms with Gasteiger partial charge in [-0.15, -0.1) is 0 Å². The molecule has 0 amide bonds. The number of nitrogens with two attached hydrogens (primary N) is 1. The van der Waals surface area contributed by atoms with E-state index >= 15 is 0 Å². The highest BCUT2D eigenvalue weighted by Gasteiger charge is 2.25. The molecule has 21 heavy (non-hydrogen) atoms. The van der Waals surface area contributed by atoms with E-state index in [2.05, 4.69) is 28.0 Å². The average molecular weight is 289 g/mol. The second-order valence-corrected chi connectivity index (χ2v) is 6.43. The summed E-state index contributed by atoms with van der Waals surface area (Å²) in [7, 11) is 1.73. The number of nitrogens with zero attached hydrogens (tertiary/aromatic N) is 2. The molecule has 2 aliphatic rings. The SMILES string of the molecule is COc1cccc(N2CCN(CC3CCC(N)C3)CC2)c1. The lowest BCUT2D eigenvalue weighted by molar-refractivity contribution is 0.219. The van der Waals surface area contributed by atoms with Crippen molar-refractivity contribution in [3.63, 3.8) is 0 Å². The van der Waals surface area contributed by atoms with Crippen LogP contribution in [0, 0.1) is 5.92 Å². The maximum Gasteiger partial charge on any atom is 0.120 e. The first-order chi connectivity index (χ1) is 10.2. The third kappa shape index (κ3) is 3.69. The zero-order valence-corrected chi connectivity index (χ0v) is 13.0. The average Bonchev–Trinajstić information content (AvgIpc) is 2.93. The molecule has 1 aromatic carbocycles. The number of ether oxygens (including phenoxy) is 1. The van der Waals surface area contributed by atoms with Crippen molar-refractivity contribution in [2.75, 3.05) is 44.7 Å². The molecule has 3 rings (SSSR count). The first-order valence-corrected chi connectivity index (χ1v) is 8.11. The Labute approximate surface area is 127 Å². The summed E-state index contributed by atoms with van der Waals surface area (Å²) in [4.78, 5) is 5.07. The molecule has 0 spiro atoms. The van der Waals surface area contributed by atoms with E-state index in [0.29, 0.717) is 6.04 Å². The Morgan fingerprint density at radius 2 is 2.00 bits per heavy atom. The van der Waals surface area contributed by atoms with Gasteiger partial charge in [-0.25, -0.2) is 0 Å². The third-order valence-corrected chi connectivity index (χ3v) is 4.89. The minimum Gasteiger partial charge on any atom is -0.497 e. The molecule has 116 valence electrons. The fraction of sp³-hybridized carbons (Fsp3) is 0.647. The van der Waals surface area contributed by atoms with E-state index in [1.807, 2.05) is 6.07 Å². The van der Waals surface area contributed by atoms with Gasteiger partial charge < -0.3 is 15.4 Å². The largest absolute Gasteiger partial charge is 0.497 e. The fourth-order valence-corrected chi connectivity index (χ4v) is 3.64. The van der Waals surface area contributed by atoms with E-state index in [0.717, 1.165) is 37.8 Å². The van der Waals surface area contributed by atoms with Gasteiger partial charge >= 0.3 is 0 Å². The minimum absolute atomic E-state index is 0.452. The highest BCUT2D eigenvalue weighted by molar-refractivity contribution is 5.51. The van der Waals surface area contributed by atoms with Crippen molar-refractivity contribution < 1.29 is 4.74 Å². The van der Waals surface area contributed by atoms with Crippen LogP contribution in [0.3, 0.4) is 0 Å². The van der Waals surface area contributed by atoms with Gasteiger partial charge in [0.05, 0.1) is 7.11 Å². The molecule has 0 aromatic heterocycles. The molecule has 1 aliphatic carbocycles. The third-order valence-electron chi connectivity index (χ3n) is 4.89. The van der Waals surface area contributed by atoms with Crippen molar-refractivity contribution >= 4 is 5.69 Å². The van der Waals surface area contributed by atoms with Crippen molar-refractivity contribution in [2.45, 2.75) is 25.3 Å². The second kappa shape index (κ2) is 6.67. The zero-order valence-electron chi connectivity index (χ0n) is 13.0. The molecule has 4 heteroatoms. The highest BCUT2D eigenvalue weighted by Crippen LogP contribution is 2.26. The van der Waals surface area contributed by atoms with Crippen LogP contribution in [0.2, 0.25) is 0 Å². The van der Waals surface area contributed by atoms with Crippen LogP contribution < -0.4 is 15.4 Å². The number of anilines is 1. The Balaban J connectivity index is 1.50. The van der Waals surface area contributed by atoms with Crippen molar-refractivity contribution in [3.05, 3.63) is 24.3 Å². The first kappa shape index (κ1) is 14.7. The molecule has 0 radical (unpaired) electrons. The summed E-state index contributed by atoms with van der Waals surface area (Å²) >= 11 is 0. The van der Waals surface area contributed by atoms with Gasteiger partial charge in [-0.05, 0) is 37.3 Å². The van der Waals surface area contributed by atoms with Crippen molar-refractivity contribution in [1.82, 2.24) is 4.90 Å². The van der Waals surface area contributed by atoms with Crippen LogP contribution in [0.1, 0.15) is 19.3 Å². The van der Waals surface area contributed by atoms with Crippen LogP contribution in [-0.2, 0) is 0 Å². The molecule has 4 nitrogen and oxygen atoms in total. The molecule has 2 N–H and O–H groups in total. The highest BCUT2D eigenvalue weighted by atomic mass is 16.5. The fourth-order valence-electron chi connectivity index (χ4n) is 3.64. The number of methoxy groups -OCH3 is 1. The Morgan fingerprint density at radius 1 is 1.19 bits per heavy atom. The summed E-state index contributed by atoms with van der Waals surface area (Å²) in [6.07, 6.45) is 3.75. The molecule has 0 bridgehead atoms. The molecular weight excluding hydrogens is 262 g/mol. The minimum atomic E-state index is 0.452. The van der Waals surface area contributed by atoms with Crippen LogP contribution >= 0.6 is 0 Å². The predicted molar refractivity (Wildman–Crippen MR) is 87.0 cm³/mol. The van der Waals surface area contributed by atoms with Gasteiger partial charge in [-0.2, -0.15) is 0 Å². The van der Waals surface area contributed by atoms with Gasteiger partial charge in [0, 0.05) is 50.5 Å². The normalized spacial score (nSPS) is 27.0. The Hall–Kier alpha value is -1.26. The van der Waals surface area contributed by atoms with Gasteiger partial charge in [0.1, 0.15) is 5.75 Å². The molecular formula is C17H27N3O. The number of hydrogen-bond donors (Lipinski definition) is 1. The van der Waals surface area contributed by atoms with E-state index in [1.54, 1.807) is 7.11 Å². The summed E-state index contributed by atoms with van der Waals surface area (Å²) in [6, 6.07) is 8.83. The van der Waals surface area contributed by atoms with Gasteiger partial charge in [0.15, 0.2) is 0 Å². The summed E-state index contributed by atoms with van der Waals surface area (Å²) < 4.78 is 5.32. The maximum atomic E-state index is 6.02. The van der Waals surface area contributed by atoms with E-state index in [4.69, 9.17) is 10.5 Å². The molecule has 1 heterocycles. The topological polar surface area (TPSA) is 41.7 Å². The molecule has 1 aliphatic heterocycles. The van der Waals surface area contributed by atoms with Gasteiger partial charge in [-0.3, -0.25) is 4.90 Å².